The third-order valence-electron chi connectivity index (χ3n) is 6.60. The van der Waals surface area contributed by atoms with E-state index in [1.165, 1.54) is 18.3 Å². The molecule has 4 aliphatic heterocycles. The van der Waals surface area contributed by atoms with Gasteiger partial charge in [0.1, 0.15) is 17.5 Å². The van der Waals surface area contributed by atoms with Crippen LogP contribution in [0.4, 0.5) is 14.6 Å². The van der Waals surface area contributed by atoms with Gasteiger partial charge in [-0.25, -0.2) is 13.8 Å². The molecule has 0 unspecified atom stereocenters. The van der Waals surface area contributed by atoms with Crippen LogP contribution >= 0.6 is 0 Å². The van der Waals surface area contributed by atoms with Crippen molar-refractivity contribution in [3.05, 3.63) is 59.3 Å². The van der Waals surface area contributed by atoms with E-state index in [1.54, 1.807) is 12.1 Å². The predicted molar refractivity (Wildman–Crippen MR) is 101 cm³/mol. The van der Waals surface area contributed by atoms with Crippen LogP contribution in [-0.4, -0.2) is 52.4 Å². The molecule has 2 bridgehead atoms. The third-order valence-corrected chi connectivity index (χ3v) is 6.60. The monoisotopic (exact) mass is 384 g/mol. The molecular weight excluding hydrogens is 362 g/mol. The minimum absolute atomic E-state index is 0.0591. The zero-order valence-electron chi connectivity index (χ0n) is 15.4. The number of likely N-dealkylation sites (tertiary alicyclic amines) is 1. The second kappa shape index (κ2) is 6.51. The summed E-state index contributed by atoms with van der Waals surface area (Å²) >= 11 is 0. The summed E-state index contributed by atoms with van der Waals surface area (Å²) in [6.07, 6.45) is 3.60. The Morgan fingerprint density at radius 3 is 2.43 bits per heavy atom. The normalized spacial score (nSPS) is 31.1. The Labute approximate surface area is 162 Å². The number of nitrogens with two attached hydrogens (primary N) is 1. The smallest absolute Gasteiger partial charge is 0.255 e. The number of carbonyl (C=O) groups excluding carboxylic acids is 1. The number of piperidine rings is 3. The highest BCUT2D eigenvalue weighted by Gasteiger charge is 2.54. The van der Waals surface area contributed by atoms with Crippen LogP contribution in [0, 0.1) is 17.6 Å². The molecule has 4 saturated heterocycles. The number of hydrogen-bond donors (Lipinski definition) is 1. The highest BCUT2D eigenvalue weighted by Crippen LogP contribution is 2.47. The fourth-order valence-corrected chi connectivity index (χ4v) is 5.43. The van der Waals surface area contributed by atoms with Crippen LogP contribution in [0.1, 0.15) is 34.7 Å². The van der Waals surface area contributed by atoms with Crippen molar-refractivity contribution in [1.82, 2.24) is 14.8 Å². The largest absolute Gasteiger partial charge is 0.384 e. The molecule has 0 radical (unpaired) electrons. The SMILES string of the molecule is Nc1ccc(C(=O)N2C[C@H](c3cc(F)cc(F)c3)[C@@H]3[C@H]2C2CCN3CC2)cn1. The van der Waals surface area contributed by atoms with Gasteiger partial charge >= 0.3 is 0 Å². The molecule has 5 nitrogen and oxygen atoms in total. The molecule has 0 aliphatic carbocycles. The Morgan fingerprint density at radius 1 is 1.07 bits per heavy atom. The maximum atomic E-state index is 13.9. The summed E-state index contributed by atoms with van der Waals surface area (Å²) < 4.78 is 27.8. The van der Waals surface area contributed by atoms with E-state index >= 15 is 0 Å². The Hall–Kier alpha value is -2.54. The summed E-state index contributed by atoms with van der Waals surface area (Å²) in [5.41, 5.74) is 6.77. The van der Waals surface area contributed by atoms with Crippen molar-refractivity contribution >= 4 is 11.7 Å². The van der Waals surface area contributed by atoms with Gasteiger partial charge in [0.2, 0.25) is 0 Å². The number of nitrogen functional groups attached to an aromatic ring is 1. The number of aromatic nitrogens is 1. The second-order valence-corrected chi connectivity index (χ2v) is 8.09. The molecule has 6 rings (SSSR count). The van der Waals surface area contributed by atoms with Crippen LogP contribution < -0.4 is 5.73 Å². The number of fused-ring (bicyclic) bond motifs is 2. The average molecular weight is 384 g/mol. The van der Waals surface area contributed by atoms with E-state index in [2.05, 4.69) is 9.88 Å². The first-order valence-electron chi connectivity index (χ1n) is 9.74. The fraction of sp³-hybridized carbons (Fsp3) is 0.429. The number of rotatable bonds is 2. The maximum Gasteiger partial charge on any atom is 0.255 e. The lowest BCUT2D eigenvalue weighted by molar-refractivity contribution is -0.00344. The van der Waals surface area contributed by atoms with Gasteiger partial charge in [-0.1, -0.05) is 0 Å². The molecule has 28 heavy (non-hydrogen) atoms. The topological polar surface area (TPSA) is 62.5 Å². The average Bonchev–Trinajstić information content (AvgIpc) is 3.11. The lowest BCUT2D eigenvalue weighted by Gasteiger charge is -2.51. The summed E-state index contributed by atoms with van der Waals surface area (Å²) in [6.45, 7) is 2.41. The number of anilines is 1. The van der Waals surface area contributed by atoms with Crippen molar-refractivity contribution in [2.24, 2.45) is 5.92 Å². The maximum absolute atomic E-state index is 13.9. The van der Waals surface area contributed by atoms with Crippen LogP contribution in [0.25, 0.3) is 0 Å². The number of halogens is 2. The fourth-order valence-electron chi connectivity index (χ4n) is 5.43. The van der Waals surface area contributed by atoms with Gasteiger partial charge in [-0.15, -0.1) is 0 Å². The predicted octanol–water partition coefficient (Wildman–Crippen LogP) is 2.64. The van der Waals surface area contributed by atoms with E-state index in [-0.39, 0.29) is 23.9 Å². The Morgan fingerprint density at radius 2 is 1.79 bits per heavy atom. The minimum Gasteiger partial charge on any atom is -0.384 e. The molecule has 0 spiro atoms. The van der Waals surface area contributed by atoms with Crippen molar-refractivity contribution in [3.63, 3.8) is 0 Å². The molecular formula is C21H22F2N4O. The summed E-state index contributed by atoms with van der Waals surface area (Å²) in [5, 5.41) is 0. The molecule has 2 aromatic rings. The molecule has 2 N–H and O–H groups in total. The number of benzene rings is 1. The molecule has 146 valence electrons. The third kappa shape index (κ3) is 2.76. The van der Waals surface area contributed by atoms with E-state index in [4.69, 9.17) is 5.73 Å². The van der Waals surface area contributed by atoms with Gasteiger partial charge in [0.25, 0.3) is 5.91 Å². The standard InChI is InChI=1S/C21H22F2N4O/c22-15-7-14(8-16(23)9-15)17-11-27(21(28)13-1-2-18(24)25-10-13)19-12-3-5-26(6-4-12)20(17)19/h1-2,7-10,12,17,19-20H,3-6,11H2,(H2,24,25)/t17-,19-,20-/m1/s1. The van der Waals surface area contributed by atoms with Gasteiger partial charge in [0.15, 0.2) is 0 Å². The number of hydrogen-bond acceptors (Lipinski definition) is 4. The zero-order chi connectivity index (χ0) is 19.4. The van der Waals surface area contributed by atoms with Gasteiger partial charge in [-0.3, -0.25) is 9.69 Å². The second-order valence-electron chi connectivity index (χ2n) is 8.09. The summed E-state index contributed by atoms with van der Waals surface area (Å²) in [6, 6.07) is 7.18. The number of carbonyl (C=O) groups is 1. The van der Waals surface area contributed by atoms with E-state index in [0.29, 0.717) is 29.4 Å². The van der Waals surface area contributed by atoms with Crippen LogP contribution in [0.5, 0.6) is 0 Å². The highest BCUT2D eigenvalue weighted by atomic mass is 19.1. The molecule has 1 aromatic heterocycles. The summed E-state index contributed by atoms with van der Waals surface area (Å²) in [5.74, 6) is -0.555. The van der Waals surface area contributed by atoms with Crippen molar-refractivity contribution in [2.45, 2.75) is 30.8 Å². The minimum atomic E-state index is -0.574. The number of nitrogens with zero attached hydrogens (tertiary/aromatic N) is 3. The number of amides is 1. The Balaban J connectivity index is 1.53. The molecule has 3 atom stereocenters. The summed E-state index contributed by atoms with van der Waals surface area (Å²) in [7, 11) is 0. The van der Waals surface area contributed by atoms with E-state index < -0.39 is 11.6 Å². The molecule has 1 aromatic carbocycles. The zero-order valence-corrected chi connectivity index (χ0v) is 15.4. The van der Waals surface area contributed by atoms with Crippen LogP contribution in [0.2, 0.25) is 0 Å². The number of pyridine rings is 1. The van der Waals surface area contributed by atoms with Crippen molar-refractivity contribution < 1.29 is 13.6 Å². The Bertz CT molecular complexity index is 891. The molecule has 7 heteroatoms. The van der Waals surface area contributed by atoms with E-state index in [9.17, 15) is 13.6 Å². The molecule has 0 saturated carbocycles. The van der Waals surface area contributed by atoms with Gasteiger partial charge < -0.3 is 10.6 Å². The Kier molecular flexibility index (Phi) is 4.08. The van der Waals surface area contributed by atoms with Crippen LogP contribution in [0.3, 0.4) is 0 Å². The van der Waals surface area contributed by atoms with Crippen LogP contribution in [-0.2, 0) is 0 Å². The van der Waals surface area contributed by atoms with Gasteiger partial charge in [0, 0.05) is 30.8 Å². The van der Waals surface area contributed by atoms with Crippen LogP contribution in [0.15, 0.2) is 36.5 Å². The molecule has 4 fully saturated rings. The van der Waals surface area contributed by atoms with Gasteiger partial charge in [-0.2, -0.15) is 0 Å². The molecule has 5 heterocycles. The van der Waals surface area contributed by atoms with E-state index in [0.717, 1.165) is 32.0 Å². The first kappa shape index (κ1) is 17.6. The summed E-state index contributed by atoms with van der Waals surface area (Å²) in [4.78, 5) is 21.6. The van der Waals surface area contributed by atoms with Gasteiger partial charge in [0.05, 0.1) is 11.6 Å². The lowest BCUT2D eigenvalue weighted by Crippen LogP contribution is -2.60. The lowest BCUT2D eigenvalue weighted by atomic mass is 9.75. The molecule has 1 amide bonds. The van der Waals surface area contributed by atoms with Crippen molar-refractivity contribution in [2.75, 3.05) is 25.4 Å². The molecule has 4 aliphatic rings. The van der Waals surface area contributed by atoms with Crippen molar-refractivity contribution in [3.8, 4) is 0 Å². The quantitative estimate of drug-likeness (QED) is 0.865. The van der Waals surface area contributed by atoms with Gasteiger partial charge in [-0.05, 0) is 61.7 Å². The van der Waals surface area contributed by atoms with E-state index in [1.807, 2.05) is 4.90 Å². The highest BCUT2D eigenvalue weighted by molar-refractivity contribution is 5.94. The van der Waals surface area contributed by atoms with Crippen molar-refractivity contribution in [1.29, 1.82) is 0 Å². The first-order valence-corrected chi connectivity index (χ1v) is 9.74. The first-order chi connectivity index (χ1) is 13.5.